The summed E-state index contributed by atoms with van der Waals surface area (Å²) in [7, 11) is 0. The highest BCUT2D eigenvalue weighted by Crippen LogP contribution is 2.27. The number of rotatable bonds is 6. The number of thiophene rings is 1. The largest absolute Gasteiger partial charge is 0.448 e. The van der Waals surface area contributed by atoms with Gasteiger partial charge < -0.3 is 9.15 Å². The van der Waals surface area contributed by atoms with Crippen LogP contribution in [0.3, 0.4) is 0 Å². The van der Waals surface area contributed by atoms with Gasteiger partial charge in [0.1, 0.15) is 4.88 Å². The van der Waals surface area contributed by atoms with E-state index in [1.807, 2.05) is 44.2 Å². The predicted octanol–water partition coefficient (Wildman–Crippen LogP) is 5.29. The molecule has 3 rings (SSSR count). The lowest BCUT2D eigenvalue weighted by Crippen LogP contribution is -2.08. The van der Waals surface area contributed by atoms with Gasteiger partial charge in [-0.15, -0.1) is 21.5 Å². The molecule has 0 fully saturated rings. The van der Waals surface area contributed by atoms with E-state index in [9.17, 15) is 4.79 Å². The van der Waals surface area contributed by atoms with Gasteiger partial charge in [-0.2, -0.15) is 0 Å². The van der Waals surface area contributed by atoms with Crippen LogP contribution in [0.5, 0.6) is 0 Å². The summed E-state index contributed by atoms with van der Waals surface area (Å²) in [6, 6.07) is 9.73. The van der Waals surface area contributed by atoms with Crippen molar-refractivity contribution in [1.82, 2.24) is 10.2 Å². The first-order chi connectivity index (χ1) is 12.5. The summed E-state index contributed by atoms with van der Waals surface area (Å²) in [5, 5.41) is 8.08. The van der Waals surface area contributed by atoms with Crippen LogP contribution in [0, 0.1) is 13.8 Å². The Morgan fingerprint density at radius 1 is 1.23 bits per heavy atom. The minimum absolute atomic E-state index is 0.288. The van der Waals surface area contributed by atoms with Gasteiger partial charge in [0.05, 0.1) is 0 Å². The number of hydrogen-bond donors (Lipinski definition) is 0. The number of aromatic nitrogens is 2. The van der Waals surface area contributed by atoms with Crippen LogP contribution in [-0.4, -0.2) is 16.2 Å². The zero-order valence-electron chi connectivity index (χ0n) is 15.4. The first-order valence-corrected chi connectivity index (χ1v) is 9.50. The predicted molar refractivity (Wildman–Crippen MR) is 101 cm³/mol. The lowest BCUT2D eigenvalue weighted by atomic mass is 10.1. The molecule has 6 heteroatoms. The highest BCUT2D eigenvalue weighted by atomic mass is 32.1. The maximum absolute atomic E-state index is 12.4. The molecule has 0 N–H and O–H groups in total. The van der Waals surface area contributed by atoms with Gasteiger partial charge in [-0.3, -0.25) is 0 Å². The molecule has 3 aromatic rings. The Hall–Kier alpha value is -2.47. The van der Waals surface area contributed by atoms with Gasteiger partial charge in [0, 0.05) is 10.4 Å². The molecule has 0 aliphatic rings. The van der Waals surface area contributed by atoms with Crippen molar-refractivity contribution >= 4 is 17.3 Å². The Morgan fingerprint density at radius 3 is 2.65 bits per heavy atom. The molecule has 2 heterocycles. The summed E-state index contributed by atoms with van der Waals surface area (Å²) in [5.74, 6) is 0.346. The molecule has 0 bridgehead atoms. The molecule has 1 aromatic carbocycles. The van der Waals surface area contributed by atoms with Crippen molar-refractivity contribution < 1.29 is 13.9 Å². The standard InChI is InChI=1S/C20H22N2O3S/c1-5-6-16-11-17(26-14(16)4)20(23)24-13(3)18-21-22-19(25-18)15-9-7-12(2)8-10-15/h7-11,13H,5-6H2,1-4H3/t13-/m0/s1. The van der Waals surface area contributed by atoms with Crippen molar-refractivity contribution in [2.75, 3.05) is 0 Å². The Labute approximate surface area is 157 Å². The van der Waals surface area contributed by atoms with Gasteiger partial charge in [-0.1, -0.05) is 31.0 Å². The van der Waals surface area contributed by atoms with Crippen LogP contribution in [0.4, 0.5) is 0 Å². The van der Waals surface area contributed by atoms with Crippen LogP contribution in [0.15, 0.2) is 34.7 Å². The fraction of sp³-hybridized carbons (Fsp3) is 0.350. The molecule has 0 spiro atoms. The van der Waals surface area contributed by atoms with Crippen LogP contribution in [0.1, 0.15) is 57.9 Å². The van der Waals surface area contributed by atoms with E-state index in [0.717, 1.165) is 28.8 Å². The van der Waals surface area contributed by atoms with Crippen molar-refractivity contribution in [2.45, 2.75) is 46.6 Å². The molecule has 0 amide bonds. The Bertz CT molecular complexity index is 896. The number of ether oxygens (including phenoxy) is 1. The molecule has 2 aromatic heterocycles. The highest BCUT2D eigenvalue weighted by Gasteiger charge is 2.21. The average molecular weight is 370 g/mol. The van der Waals surface area contributed by atoms with Crippen molar-refractivity contribution in [1.29, 1.82) is 0 Å². The number of carbonyl (C=O) groups is 1. The van der Waals surface area contributed by atoms with Gasteiger partial charge in [0.25, 0.3) is 5.89 Å². The first-order valence-electron chi connectivity index (χ1n) is 8.68. The van der Waals surface area contributed by atoms with Crippen molar-refractivity contribution in [2.24, 2.45) is 0 Å². The Balaban J connectivity index is 1.70. The van der Waals surface area contributed by atoms with Crippen molar-refractivity contribution in [3.8, 4) is 11.5 Å². The summed E-state index contributed by atoms with van der Waals surface area (Å²) < 4.78 is 11.2. The van der Waals surface area contributed by atoms with E-state index >= 15 is 0 Å². The lowest BCUT2D eigenvalue weighted by molar-refractivity contribution is 0.0285. The second kappa shape index (κ2) is 7.83. The fourth-order valence-corrected chi connectivity index (χ4v) is 3.57. The fourth-order valence-electron chi connectivity index (χ4n) is 2.62. The van der Waals surface area contributed by atoms with Gasteiger partial charge in [-0.25, -0.2) is 4.79 Å². The summed E-state index contributed by atoms with van der Waals surface area (Å²) in [6.07, 6.45) is 1.41. The number of hydrogen-bond acceptors (Lipinski definition) is 6. The third-order valence-electron chi connectivity index (χ3n) is 4.11. The smallest absolute Gasteiger partial charge is 0.349 e. The van der Waals surface area contributed by atoms with Crippen LogP contribution >= 0.6 is 11.3 Å². The van der Waals surface area contributed by atoms with Crippen LogP contribution in [0.25, 0.3) is 11.5 Å². The molecular formula is C20H22N2O3S. The zero-order chi connectivity index (χ0) is 18.7. The highest BCUT2D eigenvalue weighted by molar-refractivity contribution is 7.14. The van der Waals surface area contributed by atoms with Crippen LogP contribution < -0.4 is 0 Å². The molecule has 1 atom stereocenters. The maximum Gasteiger partial charge on any atom is 0.349 e. The summed E-state index contributed by atoms with van der Waals surface area (Å²) >= 11 is 1.46. The molecule has 0 saturated heterocycles. The quantitative estimate of drug-likeness (QED) is 0.552. The van der Waals surface area contributed by atoms with E-state index in [4.69, 9.17) is 9.15 Å². The molecule has 0 aliphatic heterocycles. The lowest BCUT2D eigenvalue weighted by Gasteiger charge is -2.07. The number of aryl methyl sites for hydroxylation is 3. The molecule has 0 aliphatic carbocycles. The van der Waals surface area contributed by atoms with E-state index in [0.29, 0.717) is 10.8 Å². The number of benzene rings is 1. The molecule has 136 valence electrons. The van der Waals surface area contributed by atoms with Gasteiger partial charge in [-0.05, 0) is 51.0 Å². The van der Waals surface area contributed by atoms with E-state index in [1.165, 1.54) is 16.9 Å². The van der Waals surface area contributed by atoms with Gasteiger partial charge in [0.15, 0.2) is 6.10 Å². The van der Waals surface area contributed by atoms with Crippen LogP contribution in [0.2, 0.25) is 0 Å². The Morgan fingerprint density at radius 2 is 1.96 bits per heavy atom. The Kier molecular flexibility index (Phi) is 5.52. The number of nitrogens with zero attached hydrogens (tertiary/aromatic N) is 2. The molecule has 0 unspecified atom stereocenters. The maximum atomic E-state index is 12.4. The van der Waals surface area contributed by atoms with E-state index < -0.39 is 6.10 Å². The second-order valence-corrected chi connectivity index (χ2v) is 7.56. The number of carbonyl (C=O) groups excluding carboxylic acids is 1. The van der Waals surface area contributed by atoms with Gasteiger partial charge >= 0.3 is 5.97 Å². The number of esters is 1. The van der Waals surface area contributed by atoms with E-state index in [-0.39, 0.29) is 11.9 Å². The van der Waals surface area contributed by atoms with Crippen molar-refractivity contribution in [3.63, 3.8) is 0 Å². The molecule has 0 saturated carbocycles. The van der Waals surface area contributed by atoms with Crippen molar-refractivity contribution in [3.05, 3.63) is 57.1 Å². The minimum Gasteiger partial charge on any atom is -0.448 e. The zero-order valence-corrected chi connectivity index (χ0v) is 16.2. The topological polar surface area (TPSA) is 65.2 Å². The normalized spacial score (nSPS) is 12.2. The summed E-state index contributed by atoms with van der Waals surface area (Å²) in [5.41, 5.74) is 3.20. The van der Waals surface area contributed by atoms with E-state index in [2.05, 4.69) is 17.1 Å². The van der Waals surface area contributed by atoms with Gasteiger partial charge in [0.2, 0.25) is 5.89 Å². The molecular weight excluding hydrogens is 348 g/mol. The first kappa shape index (κ1) is 18.3. The molecule has 26 heavy (non-hydrogen) atoms. The molecule has 5 nitrogen and oxygen atoms in total. The average Bonchev–Trinajstić information content (AvgIpc) is 3.24. The summed E-state index contributed by atoms with van der Waals surface area (Å²) in [4.78, 5) is 14.2. The summed E-state index contributed by atoms with van der Waals surface area (Å²) in [6.45, 7) is 7.90. The molecule has 0 radical (unpaired) electrons. The third kappa shape index (κ3) is 4.02. The van der Waals surface area contributed by atoms with Crippen LogP contribution in [-0.2, 0) is 11.2 Å². The minimum atomic E-state index is -0.605. The second-order valence-electron chi connectivity index (χ2n) is 6.30. The monoisotopic (exact) mass is 370 g/mol. The van der Waals surface area contributed by atoms with E-state index in [1.54, 1.807) is 6.92 Å². The SMILES string of the molecule is CCCc1cc(C(=O)O[C@@H](C)c2nnc(-c3ccc(C)cc3)o2)sc1C. The third-order valence-corrected chi connectivity index (χ3v) is 5.18.